The van der Waals surface area contributed by atoms with Gasteiger partial charge in [0, 0.05) is 11.1 Å². The number of rotatable bonds is 1. The van der Waals surface area contributed by atoms with Crippen molar-refractivity contribution in [3.63, 3.8) is 0 Å². The number of hydrogen-bond donors (Lipinski definition) is 1. The molecule has 138 valence electrons. The van der Waals surface area contributed by atoms with Crippen molar-refractivity contribution in [2.24, 2.45) is 33.7 Å². The molecule has 0 amide bonds. The van der Waals surface area contributed by atoms with E-state index in [0.717, 1.165) is 36.8 Å². The Morgan fingerprint density at radius 1 is 1.15 bits per heavy atom. The quantitative estimate of drug-likeness (QED) is 0.597. The summed E-state index contributed by atoms with van der Waals surface area (Å²) in [6, 6.07) is 0. The van der Waals surface area contributed by atoms with E-state index < -0.39 is 0 Å². The molecule has 3 unspecified atom stereocenters. The molecule has 26 heavy (non-hydrogen) atoms. The standard InChI is InChI=1S/C21H28N4O/c1-20-9-7-15(23-26)13-14(20)3-4-16-17-5-6-19(25-12-11-22-24-25)21(17,2)10-8-18(16)20/h6,11-13,16-18,26H,3-5,7-10H2,1-2H3/b23-15+/t16?,17?,18?,20-,21-/m0/s1. The van der Waals surface area contributed by atoms with Crippen molar-refractivity contribution in [1.82, 2.24) is 15.0 Å². The van der Waals surface area contributed by atoms with Gasteiger partial charge in [0.15, 0.2) is 0 Å². The maximum Gasteiger partial charge on any atom is 0.0795 e. The van der Waals surface area contributed by atoms with Gasteiger partial charge in [-0.25, -0.2) is 4.68 Å². The molecule has 5 atom stereocenters. The molecule has 0 aromatic carbocycles. The maximum atomic E-state index is 9.20. The summed E-state index contributed by atoms with van der Waals surface area (Å²) in [4.78, 5) is 0. The molecule has 1 aromatic heterocycles. The molecule has 5 rings (SSSR count). The van der Waals surface area contributed by atoms with Crippen LogP contribution in [0.2, 0.25) is 0 Å². The molecule has 5 nitrogen and oxygen atoms in total. The van der Waals surface area contributed by atoms with E-state index in [1.165, 1.54) is 37.0 Å². The lowest BCUT2D eigenvalue weighted by Gasteiger charge is -2.57. The lowest BCUT2D eigenvalue weighted by atomic mass is 9.47. The van der Waals surface area contributed by atoms with Crippen LogP contribution in [0.15, 0.2) is 35.3 Å². The third-order valence-electron chi connectivity index (χ3n) is 8.32. The summed E-state index contributed by atoms with van der Waals surface area (Å²) < 4.78 is 2.00. The van der Waals surface area contributed by atoms with Crippen molar-refractivity contribution in [3.8, 4) is 0 Å². The molecule has 2 fully saturated rings. The molecule has 0 saturated heterocycles. The largest absolute Gasteiger partial charge is 0.411 e. The number of hydrogen-bond acceptors (Lipinski definition) is 4. The number of oxime groups is 1. The van der Waals surface area contributed by atoms with E-state index in [2.05, 4.69) is 41.5 Å². The van der Waals surface area contributed by atoms with E-state index in [4.69, 9.17) is 0 Å². The van der Waals surface area contributed by atoms with Gasteiger partial charge >= 0.3 is 0 Å². The summed E-state index contributed by atoms with van der Waals surface area (Å²) in [6.07, 6.45) is 16.5. The smallest absolute Gasteiger partial charge is 0.0795 e. The second-order valence-electron chi connectivity index (χ2n) is 9.22. The molecule has 2 saturated carbocycles. The Kier molecular flexibility index (Phi) is 3.47. The summed E-state index contributed by atoms with van der Waals surface area (Å²) in [5.41, 5.74) is 4.27. The van der Waals surface area contributed by atoms with Crippen molar-refractivity contribution in [1.29, 1.82) is 0 Å². The van der Waals surface area contributed by atoms with Crippen molar-refractivity contribution < 1.29 is 5.21 Å². The highest BCUT2D eigenvalue weighted by Crippen LogP contribution is 2.65. The van der Waals surface area contributed by atoms with Crippen molar-refractivity contribution in [2.45, 2.75) is 58.8 Å². The molecule has 0 bridgehead atoms. The Morgan fingerprint density at radius 2 is 2.04 bits per heavy atom. The zero-order chi connectivity index (χ0) is 17.9. The van der Waals surface area contributed by atoms with E-state index in [0.29, 0.717) is 5.92 Å². The van der Waals surface area contributed by atoms with Gasteiger partial charge in [0.2, 0.25) is 0 Å². The molecule has 1 aromatic rings. The first-order valence-corrected chi connectivity index (χ1v) is 10.1. The van der Waals surface area contributed by atoms with Gasteiger partial charge in [-0.2, -0.15) is 0 Å². The maximum absolute atomic E-state index is 9.20. The number of fused-ring (bicyclic) bond motifs is 5. The van der Waals surface area contributed by atoms with Gasteiger partial charge in [0.25, 0.3) is 0 Å². The van der Waals surface area contributed by atoms with Crippen molar-refractivity contribution in [3.05, 3.63) is 30.1 Å². The fourth-order valence-corrected chi connectivity index (χ4v) is 6.89. The van der Waals surface area contributed by atoms with Crippen molar-refractivity contribution >= 4 is 11.4 Å². The van der Waals surface area contributed by atoms with Crippen LogP contribution in [0.1, 0.15) is 58.8 Å². The van der Waals surface area contributed by atoms with E-state index in [1.807, 2.05) is 10.9 Å². The minimum Gasteiger partial charge on any atom is -0.411 e. The second kappa shape index (κ2) is 5.54. The molecule has 5 heteroatoms. The average Bonchev–Trinajstić information content (AvgIpc) is 3.27. The number of nitrogens with zero attached hydrogens (tertiary/aromatic N) is 4. The first-order valence-electron chi connectivity index (χ1n) is 10.1. The highest BCUT2D eigenvalue weighted by molar-refractivity contribution is 5.96. The highest BCUT2D eigenvalue weighted by Gasteiger charge is 2.57. The van der Waals surface area contributed by atoms with Crippen LogP contribution in [0.25, 0.3) is 5.70 Å². The van der Waals surface area contributed by atoms with Crippen LogP contribution in [0.3, 0.4) is 0 Å². The summed E-state index contributed by atoms with van der Waals surface area (Å²) in [7, 11) is 0. The van der Waals surface area contributed by atoms with E-state index in [9.17, 15) is 5.21 Å². The summed E-state index contributed by atoms with van der Waals surface area (Å²) >= 11 is 0. The third kappa shape index (κ3) is 2.06. The first kappa shape index (κ1) is 16.3. The molecule has 1 heterocycles. The van der Waals surface area contributed by atoms with Crippen LogP contribution >= 0.6 is 0 Å². The lowest BCUT2D eigenvalue weighted by Crippen LogP contribution is -2.50. The number of aromatic nitrogens is 3. The van der Waals surface area contributed by atoms with Crippen LogP contribution in [0, 0.1) is 28.6 Å². The van der Waals surface area contributed by atoms with Crippen molar-refractivity contribution in [2.75, 3.05) is 0 Å². The zero-order valence-corrected chi connectivity index (χ0v) is 15.7. The Bertz CT molecular complexity index is 808. The van der Waals surface area contributed by atoms with Gasteiger partial charge in [-0.3, -0.25) is 0 Å². The molecular formula is C21H28N4O. The highest BCUT2D eigenvalue weighted by atomic mass is 16.4. The monoisotopic (exact) mass is 352 g/mol. The molecular weight excluding hydrogens is 324 g/mol. The van der Waals surface area contributed by atoms with Gasteiger partial charge in [0.1, 0.15) is 0 Å². The van der Waals surface area contributed by atoms with E-state index >= 15 is 0 Å². The van der Waals surface area contributed by atoms with Crippen LogP contribution in [-0.2, 0) is 0 Å². The molecule has 4 aliphatic rings. The molecule has 4 aliphatic carbocycles. The van der Waals surface area contributed by atoms with Gasteiger partial charge in [-0.15, -0.1) is 5.10 Å². The summed E-state index contributed by atoms with van der Waals surface area (Å²) in [6.45, 7) is 4.94. The predicted octanol–water partition coefficient (Wildman–Crippen LogP) is 4.52. The minimum absolute atomic E-state index is 0.221. The predicted molar refractivity (Wildman–Crippen MR) is 101 cm³/mol. The van der Waals surface area contributed by atoms with Gasteiger partial charge < -0.3 is 5.21 Å². The van der Waals surface area contributed by atoms with Gasteiger partial charge in [-0.1, -0.05) is 35.9 Å². The fraction of sp³-hybridized carbons (Fsp3) is 0.667. The van der Waals surface area contributed by atoms with E-state index in [1.54, 1.807) is 6.20 Å². The summed E-state index contributed by atoms with van der Waals surface area (Å²) in [5, 5.41) is 21.0. The Balaban J connectivity index is 1.47. The van der Waals surface area contributed by atoms with Gasteiger partial charge in [-0.05, 0) is 74.2 Å². The lowest BCUT2D eigenvalue weighted by molar-refractivity contribution is -0.0207. The SMILES string of the molecule is C[C@]12CC/C(=N\O)C=C1CCC1C2CC[C@]2(C)C(n3ccnn3)=CCC12. The normalized spacial score (nSPS) is 43.3. The van der Waals surface area contributed by atoms with Gasteiger partial charge in [0.05, 0.1) is 18.1 Å². The molecule has 0 aliphatic heterocycles. The topological polar surface area (TPSA) is 63.3 Å². The molecule has 0 spiro atoms. The average molecular weight is 352 g/mol. The minimum atomic E-state index is 0.221. The Labute approximate surface area is 154 Å². The zero-order valence-electron chi connectivity index (χ0n) is 15.7. The van der Waals surface area contributed by atoms with E-state index in [-0.39, 0.29) is 10.8 Å². The fourth-order valence-electron chi connectivity index (χ4n) is 6.89. The van der Waals surface area contributed by atoms with Crippen LogP contribution < -0.4 is 0 Å². The Hall–Kier alpha value is -1.91. The molecule has 0 radical (unpaired) electrons. The summed E-state index contributed by atoms with van der Waals surface area (Å²) in [5.74, 6) is 2.25. The Morgan fingerprint density at radius 3 is 2.81 bits per heavy atom. The van der Waals surface area contributed by atoms with Crippen LogP contribution in [-0.4, -0.2) is 25.9 Å². The second-order valence-corrected chi connectivity index (χ2v) is 9.22. The first-order chi connectivity index (χ1) is 12.6. The third-order valence-corrected chi connectivity index (χ3v) is 8.32. The molecule has 1 N–H and O–H groups in total. The van der Waals surface area contributed by atoms with Crippen LogP contribution in [0.4, 0.5) is 0 Å². The van der Waals surface area contributed by atoms with Crippen LogP contribution in [0.5, 0.6) is 0 Å². The number of allylic oxidation sites excluding steroid dienone is 4.